The lowest BCUT2D eigenvalue weighted by Crippen LogP contribution is -2.41. The molecule has 1 aromatic heterocycles. The third-order valence-electron chi connectivity index (χ3n) is 7.27. The third kappa shape index (κ3) is 8.96. The lowest BCUT2D eigenvalue weighted by atomic mass is 10.1. The van der Waals surface area contributed by atoms with Crippen LogP contribution in [0.5, 0.6) is 0 Å². The average Bonchev–Trinajstić information content (AvgIpc) is 3.78. The van der Waals surface area contributed by atoms with Crippen molar-refractivity contribution in [2.24, 2.45) is 0 Å². The van der Waals surface area contributed by atoms with Gasteiger partial charge in [0, 0.05) is 24.3 Å². The molecule has 1 atom stereocenters. The van der Waals surface area contributed by atoms with Crippen molar-refractivity contribution in [3.05, 3.63) is 88.2 Å². The summed E-state index contributed by atoms with van der Waals surface area (Å²) in [6.45, 7) is 6.00. The highest BCUT2D eigenvalue weighted by molar-refractivity contribution is 6.21. The lowest BCUT2D eigenvalue weighted by Gasteiger charge is -2.25. The number of H-pyrrole nitrogens is 1. The van der Waals surface area contributed by atoms with Crippen molar-refractivity contribution in [1.82, 2.24) is 20.9 Å². The van der Waals surface area contributed by atoms with Crippen molar-refractivity contribution in [3.8, 4) is 0 Å². The zero-order valence-corrected chi connectivity index (χ0v) is 26.6. The van der Waals surface area contributed by atoms with E-state index in [4.69, 9.17) is 19.6 Å². The van der Waals surface area contributed by atoms with Crippen LogP contribution in [0.1, 0.15) is 69.8 Å². The number of alkyl carbamates (subject to hydrolysis) is 1. The number of amides is 4. The molecule has 248 valence electrons. The third-order valence-corrected chi connectivity index (χ3v) is 7.27. The van der Waals surface area contributed by atoms with Gasteiger partial charge in [0.25, 0.3) is 11.8 Å². The van der Waals surface area contributed by atoms with Crippen LogP contribution in [0, 0.1) is 19.3 Å². The molecule has 1 heterocycles. The highest BCUT2D eigenvalue weighted by atomic mass is 16.7. The number of aromatic nitrogens is 1. The fraction of sp³-hybridized carbons (Fsp3) is 0.333. The summed E-state index contributed by atoms with van der Waals surface area (Å²) in [4.78, 5) is 67.4. The SMILES string of the molecule is CCNC(=O)c1ccc(C)c(N(C(=N)c2[nH]cc(C(=O)NC3CC3)c2C)C(=O)OCOC(=O)C(C)NC(=O)OCc2ccccc2)c1. The van der Waals surface area contributed by atoms with E-state index in [-0.39, 0.29) is 47.2 Å². The number of hydrogen-bond donors (Lipinski definition) is 5. The van der Waals surface area contributed by atoms with E-state index in [0.717, 1.165) is 23.3 Å². The van der Waals surface area contributed by atoms with Crippen LogP contribution < -0.4 is 20.9 Å². The maximum absolute atomic E-state index is 13.6. The zero-order chi connectivity index (χ0) is 34.1. The van der Waals surface area contributed by atoms with E-state index in [1.54, 1.807) is 57.2 Å². The number of ether oxygens (including phenoxy) is 3. The molecule has 14 heteroatoms. The number of amidine groups is 1. The van der Waals surface area contributed by atoms with E-state index in [0.29, 0.717) is 23.2 Å². The molecule has 0 aliphatic heterocycles. The molecule has 1 aliphatic carbocycles. The topological polar surface area (TPSA) is 192 Å². The summed E-state index contributed by atoms with van der Waals surface area (Å²) in [6.07, 6.45) is 1.32. The molecule has 0 saturated heterocycles. The Kier molecular flexibility index (Phi) is 11.3. The first-order chi connectivity index (χ1) is 22.5. The molecular weight excluding hydrogens is 608 g/mol. The van der Waals surface area contributed by atoms with Crippen molar-refractivity contribution in [1.29, 1.82) is 5.41 Å². The fourth-order valence-corrected chi connectivity index (χ4v) is 4.47. The van der Waals surface area contributed by atoms with E-state index >= 15 is 0 Å². The van der Waals surface area contributed by atoms with Gasteiger partial charge in [-0.15, -0.1) is 0 Å². The van der Waals surface area contributed by atoms with E-state index in [1.807, 2.05) is 6.07 Å². The molecule has 1 saturated carbocycles. The Bertz CT molecular complexity index is 1650. The number of aromatic amines is 1. The van der Waals surface area contributed by atoms with Crippen LogP contribution in [0.2, 0.25) is 0 Å². The summed E-state index contributed by atoms with van der Waals surface area (Å²) in [5.41, 5.74) is 2.58. The number of nitrogens with zero attached hydrogens (tertiary/aromatic N) is 1. The smallest absolute Gasteiger partial charge is 0.423 e. The number of carbonyl (C=O) groups is 5. The van der Waals surface area contributed by atoms with Crippen LogP contribution in [0.3, 0.4) is 0 Å². The second-order valence-corrected chi connectivity index (χ2v) is 10.9. The summed E-state index contributed by atoms with van der Waals surface area (Å²) in [7, 11) is 0. The van der Waals surface area contributed by atoms with Crippen molar-refractivity contribution < 1.29 is 38.2 Å². The predicted molar refractivity (Wildman–Crippen MR) is 171 cm³/mol. The summed E-state index contributed by atoms with van der Waals surface area (Å²) in [6, 6.07) is 12.6. The Hall–Kier alpha value is -5.66. The Morgan fingerprint density at radius 2 is 1.72 bits per heavy atom. The van der Waals surface area contributed by atoms with Crippen LogP contribution in [0.15, 0.2) is 54.7 Å². The second-order valence-electron chi connectivity index (χ2n) is 10.9. The number of rotatable bonds is 12. The van der Waals surface area contributed by atoms with Gasteiger partial charge >= 0.3 is 18.2 Å². The van der Waals surface area contributed by atoms with Crippen LogP contribution in [-0.4, -0.2) is 66.2 Å². The highest BCUT2D eigenvalue weighted by Crippen LogP contribution is 2.27. The number of esters is 1. The molecule has 5 N–H and O–H groups in total. The molecule has 1 aliphatic rings. The number of carbonyl (C=O) groups excluding carboxylic acids is 5. The van der Waals surface area contributed by atoms with E-state index in [2.05, 4.69) is 20.9 Å². The maximum atomic E-state index is 13.6. The van der Waals surface area contributed by atoms with Gasteiger partial charge in [-0.1, -0.05) is 36.4 Å². The van der Waals surface area contributed by atoms with Gasteiger partial charge in [0.15, 0.2) is 5.84 Å². The molecular formula is C33H38N6O8. The van der Waals surface area contributed by atoms with E-state index in [1.165, 1.54) is 19.2 Å². The first-order valence-corrected chi connectivity index (χ1v) is 15.1. The zero-order valence-electron chi connectivity index (χ0n) is 26.6. The lowest BCUT2D eigenvalue weighted by molar-refractivity contribution is -0.153. The molecule has 4 amide bonds. The van der Waals surface area contributed by atoms with E-state index < -0.39 is 31.0 Å². The van der Waals surface area contributed by atoms with Gasteiger partial charge in [-0.3, -0.25) is 15.0 Å². The molecule has 0 bridgehead atoms. The summed E-state index contributed by atoms with van der Waals surface area (Å²) >= 11 is 0. The van der Waals surface area contributed by atoms with Gasteiger partial charge in [0.1, 0.15) is 12.6 Å². The number of hydrogen-bond acceptors (Lipinski definition) is 9. The van der Waals surface area contributed by atoms with Crippen LogP contribution in [0.25, 0.3) is 0 Å². The average molecular weight is 647 g/mol. The van der Waals surface area contributed by atoms with Crippen LogP contribution in [-0.2, 0) is 25.6 Å². The number of benzene rings is 2. The van der Waals surface area contributed by atoms with Gasteiger partial charge in [0.05, 0.1) is 16.9 Å². The highest BCUT2D eigenvalue weighted by Gasteiger charge is 2.31. The Morgan fingerprint density at radius 1 is 1.00 bits per heavy atom. The maximum Gasteiger partial charge on any atom is 0.423 e. The quantitative estimate of drug-likeness (QED) is 0.0842. The summed E-state index contributed by atoms with van der Waals surface area (Å²) in [5.74, 6) is -1.97. The fourth-order valence-electron chi connectivity index (χ4n) is 4.47. The number of anilines is 1. The van der Waals surface area contributed by atoms with Crippen LogP contribution in [0.4, 0.5) is 15.3 Å². The molecule has 14 nitrogen and oxygen atoms in total. The summed E-state index contributed by atoms with van der Waals surface area (Å²) < 4.78 is 15.4. The minimum absolute atomic E-state index is 0.00153. The molecule has 2 aromatic carbocycles. The minimum atomic E-state index is -1.14. The van der Waals surface area contributed by atoms with Gasteiger partial charge < -0.3 is 35.1 Å². The molecule has 3 aromatic rings. The first-order valence-electron chi connectivity index (χ1n) is 15.1. The van der Waals surface area contributed by atoms with Gasteiger partial charge in [-0.2, -0.15) is 0 Å². The number of aryl methyl sites for hydroxylation is 1. The largest absolute Gasteiger partial charge is 0.445 e. The van der Waals surface area contributed by atoms with Crippen molar-refractivity contribution >= 4 is 41.5 Å². The standard InChI is InChI=1S/C33H38N6O8/c1-5-35-29(40)23-12-11-19(2)26(15-23)39(28(34)27-20(3)25(16-36-27)30(41)38-24-13-14-24)33(44)47-18-46-31(42)21(4)37-32(43)45-17-22-9-7-6-8-10-22/h6-12,15-16,21,24,34,36H,5,13-14,17-18H2,1-4H3,(H,35,40)(H,37,43)(H,38,41). The monoisotopic (exact) mass is 646 g/mol. The van der Waals surface area contributed by atoms with E-state index in [9.17, 15) is 24.0 Å². The summed E-state index contributed by atoms with van der Waals surface area (Å²) in [5, 5.41) is 17.0. The number of nitrogens with one attached hydrogen (secondary N) is 5. The van der Waals surface area contributed by atoms with Crippen molar-refractivity contribution in [2.75, 3.05) is 18.2 Å². The van der Waals surface area contributed by atoms with Crippen molar-refractivity contribution in [2.45, 2.75) is 59.2 Å². The van der Waals surface area contributed by atoms with Crippen molar-refractivity contribution in [3.63, 3.8) is 0 Å². The van der Waals surface area contributed by atoms with Gasteiger partial charge in [0.2, 0.25) is 6.79 Å². The Balaban J connectivity index is 1.47. The molecule has 47 heavy (non-hydrogen) atoms. The van der Waals surface area contributed by atoms with Gasteiger partial charge in [-0.25, -0.2) is 19.3 Å². The Morgan fingerprint density at radius 3 is 2.40 bits per heavy atom. The molecule has 1 fully saturated rings. The van der Waals surface area contributed by atoms with Crippen LogP contribution >= 0.6 is 0 Å². The minimum Gasteiger partial charge on any atom is -0.445 e. The normalized spacial score (nSPS) is 12.7. The first kappa shape index (κ1) is 34.2. The Labute approximate surface area is 271 Å². The molecule has 0 spiro atoms. The predicted octanol–water partition coefficient (Wildman–Crippen LogP) is 4.06. The van der Waals surface area contributed by atoms with Gasteiger partial charge in [-0.05, 0) is 69.4 Å². The molecule has 4 rings (SSSR count). The second kappa shape index (κ2) is 15.6. The molecule has 1 unspecified atom stereocenters. The molecule has 0 radical (unpaired) electrons.